The maximum atomic E-state index is 12.7. The van der Waals surface area contributed by atoms with E-state index < -0.39 is 18.3 Å². The van der Waals surface area contributed by atoms with E-state index in [2.05, 4.69) is 5.10 Å². The number of nitrogens with zero attached hydrogens (tertiary/aromatic N) is 1. The number of alkyl halides is 3. The summed E-state index contributed by atoms with van der Waals surface area (Å²) in [6.07, 6.45) is -5.37. The van der Waals surface area contributed by atoms with E-state index in [1.54, 1.807) is 17.6 Å². The average molecular weight is 280 g/mol. The van der Waals surface area contributed by atoms with Crippen LogP contribution >= 0.6 is 0 Å². The summed E-state index contributed by atoms with van der Waals surface area (Å²) in [6.45, 7) is 0. The molecule has 0 aliphatic carbocycles. The van der Waals surface area contributed by atoms with Crippen molar-refractivity contribution in [1.29, 1.82) is 0 Å². The van der Waals surface area contributed by atoms with Gasteiger partial charge in [-0.2, -0.15) is 18.3 Å². The lowest BCUT2D eigenvalue weighted by Gasteiger charge is -2.24. The summed E-state index contributed by atoms with van der Waals surface area (Å²) in [7, 11) is 0. The van der Waals surface area contributed by atoms with Gasteiger partial charge >= 0.3 is 6.18 Å². The minimum absolute atomic E-state index is 0.190. The van der Waals surface area contributed by atoms with Crippen LogP contribution in [0.15, 0.2) is 47.6 Å². The van der Waals surface area contributed by atoms with Crippen LogP contribution in [-0.4, -0.2) is 22.7 Å². The summed E-state index contributed by atoms with van der Waals surface area (Å²) in [5, 5.41) is 15.1. The second-order valence-corrected chi connectivity index (χ2v) is 4.77. The Labute approximate surface area is 112 Å². The van der Waals surface area contributed by atoms with E-state index in [-0.39, 0.29) is 5.71 Å². The standard InChI is InChI=1S/C14H11F3N2O/c15-14(16,17)13(20)8-12(18-19-13)11-6-5-9-3-1-2-4-10(9)7-11/h1-7,19-20H,8H2/t13-/m1/s1. The van der Waals surface area contributed by atoms with Gasteiger partial charge in [0.2, 0.25) is 0 Å². The second-order valence-electron chi connectivity index (χ2n) is 4.77. The van der Waals surface area contributed by atoms with Gasteiger partial charge in [0.15, 0.2) is 0 Å². The number of halogens is 3. The lowest BCUT2D eigenvalue weighted by molar-refractivity contribution is -0.266. The molecule has 3 rings (SSSR count). The van der Waals surface area contributed by atoms with Crippen LogP contribution in [0.1, 0.15) is 12.0 Å². The number of benzene rings is 2. The molecule has 20 heavy (non-hydrogen) atoms. The van der Waals surface area contributed by atoms with E-state index in [9.17, 15) is 18.3 Å². The van der Waals surface area contributed by atoms with Crippen LogP contribution < -0.4 is 5.43 Å². The van der Waals surface area contributed by atoms with Crippen molar-refractivity contribution in [2.75, 3.05) is 0 Å². The summed E-state index contributed by atoms with van der Waals surface area (Å²) in [4.78, 5) is 0. The van der Waals surface area contributed by atoms with E-state index in [1.807, 2.05) is 30.3 Å². The van der Waals surface area contributed by atoms with Crippen molar-refractivity contribution in [1.82, 2.24) is 5.43 Å². The molecule has 2 aromatic rings. The zero-order valence-corrected chi connectivity index (χ0v) is 10.3. The zero-order chi connectivity index (χ0) is 14.4. The maximum Gasteiger partial charge on any atom is 0.438 e. The SMILES string of the molecule is O[C@@]1(C(F)(F)F)CC(c2ccc3ccccc3c2)=NN1. The molecule has 0 aromatic heterocycles. The molecule has 0 spiro atoms. The van der Waals surface area contributed by atoms with Crippen molar-refractivity contribution in [3.8, 4) is 0 Å². The fourth-order valence-electron chi connectivity index (χ4n) is 2.18. The minimum atomic E-state index is -4.77. The average Bonchev–Trinajstić information content (AvgIpc) is 2.82. The molecule has 2 N–H and O–H groups in total. The fourth-order valence-corrected chi connectivity index (χ4v) is 2.18. The molecule has 6 heteroatoms. The molecule has 0 saturated heterocycles. The third-order valence-corrected chi connectivity index (χ3v) is 3.35. The first-order valence-corrected chi connectivity index (χ1v) is 6.01. The van der Waals surface area contributed by atoms with Crippen LogP contribution in [0.4, 0.5) is 13.2 Å². The normalized spacial score (nSPS) is 22.7. The second kappa shape index (κ2) is 4.21. The van der Waals surface area contributed by atoms with Crippen molar-refractivity contribution in [2.45, 2.75) is 18.3 Å². The topological polar surface area (TPSA) is 44.6 Å². The summed E-state index contributed by atoms with van der Waals surface area (Å²) < 4.78 is 38.1. The molecule has 0 radical (unpaired) electrons. The van der Waals surface area contributed by atoms with Gasteiger partial charge < -0.3 is 5.11 Å². The Morgan fingerprint density at radius 1 is 1.10 bits per heavy atom. The molecular weight excluding hydrogens is 269 g/mol. The van der Waals surface area contributed by atoms with Gasteiger partial charge in [-0.3, -0.25) is 5.43 Å². The van der Waals surface area contributed by atoms with E-state index in [4.69, 9.17) is 0 Å². The van der Waals surface area contributed by atoms with Gasteiger partial charge in [-0.1, -0.05) is 36.4 Å². The quantitative estimate of drug-likeness (QED) is 0.843. The number of hydrogen-bond donors (Lipinski definition) is 2. The third kappa shape index (κ3) is 2.02. The van der Waals surface area contributed by atoms with Crippen molar-refractivity contribution in [3.05, 3.63) is 48.0 Å². The molecule has 0 amide bonds. The van der Waals surface area contributed by atoms with Gasteiger partial charge in [-0.25, -0.2) is 0 Å². The van der Waals surface area contributed by atoms with Gasteiger partial charge in [0.1, 0.15) is 0 Å². The Hall–Kier alpha value is -2.08. The zero-order valence-electron chi connectivity index (χ0n) is 10.3. The van der Waals surface area contributed by atoms with Crippen molar-refractivity contribution < 1.29 is 18.3 Å². The molecule has 1 aliphatic heterocycles. The number of hydrazone groups is 1. The number of fused-ring (bicyclic) bond motifs is 1. The van der Waals surface area contributed by atoms with E-state index in [0.29, 0.717) is 5.56 Å². The van der Waals surface area contributed by atoms with Gasteiger partial charge in [0.05, 0.1) is 12.1 Å². The molecule has 104 valence electrons. The Morgan fingerprint density at radius 2 is 1.80 bits per heavy atom. The van der Waals surface area contributed by atoms with E-state index in [1.165, 1.54) is 0 Å². The first kappa shape index (κ1) is 12.9. The van der Waals surface area contributed by atoms with E-state index in [0.717, 1.165) is 10.8 Å². The number of rotatable bonds is 1. The molecule has 0 bridgehead atoms. The Kier molecular flexibility index (Phi) is 2.72. The lowest BCUT2D eigenvalue weighted by atomic mass is 9.99. The third-order valence-electron chi connectivity index (χ3n) is 3.35. The van der Waals surface area contributed by atoms with Crippen molar-refractivity contribution in [3.63, 3.8) is 0 Å². The number of aliphatic hydroxyl groups is 1. The van der Waals surface area contributed by atoms with E-state index >= 15 is 0 Å². The number of nitrogens with one attached hydrogen (secondary N) is 1. The molecule has 0 saturated carbocycles. The highest BCUT2D eigenvalue weighted by Gasteiger charge is 2.57. The molecule has 1 atom stereocenters. The van der Waals surface area contributed by atoms with Crippen LogP contribution in [0.25, 0.3) is 10.8 Å². The molecule has 1 heterocycles. The largest absolute Gasteiger partial charge is 0.438 e. The Bertz CT molecular complexity index is 696. The van der Waals surface area contributed by atoms with Crippen LogP contribution in [0.2, 0.25) is 0 Å². The van der Waals surface area contributed by atoms with Gasteiger partial charge in [-0.15, -0.1) is 0 Å². The van der Waals surface area contributed by atoms with Crippen LogP contribution in [0, 0.1) is 0 Å². The van der Waals surface area contributed by atoms with Crippen LogP contribution in [0.5, 0.6) is 0 Å². The van der Waals surface area contributed by atoms with Gasteiger partial charge in [-0.05, 0) is 22.4 Å². The van der Waals surface area contributed by atoms with Gasteiger partial charge in [0, 0.05) is 0 Å². The van der Waals surface area contributed by atoms with Crippen molar-refractivity contribution in [2.24, 2.45) is 5.10 Å². The first-order chi connectivity index (χ1) is 9.39. The summed E-state index contributed by atoms with van der Waals surface area (Å²) in [5.74, 6) is 0. The van der Waals surface area contributed by atoms with Crippen LogP contribution in [0.3, 0.4) is 0 Å². The monoisotopic (exact) mass is 280 g/mol. The van der Waals surface area contributed by atoms with Gasteiger partial charge in [0.25, 0.3) is 5.72 Å². The van der Waals surface area contributed by atoms with Crippen LogP contribution in [-0.2, 0) is 0 Å². The molecule has 2 aromatic carbocycles. The highest BCUT2D eigenvalue weighted by molar-refractivity contribution is 6.04. The Balaban J connectivity index is 1.94. The summed E-state index contributed by atoms with van der Waals surface area (Å²) >= 11 is 0. The molecule has 0 fully saturated rings. The van der Waals surface area contributed by atoms with Crippen molar-refractivity contribution >= 4 is 16.5 Å². The predicted molar refractivity (Wildman–Crippen MR) is 69.2 cm³/mol. The first-order valence-electron chi connectivity index (χ1n) is 6.01. The highest BCUT2D eigenvalue weighted by atomic mass is 19.4. The molecule has 1 aliphatic rings. The smallest absolute Gasteiger partial charge is 0.362 e. The highest BCUT2D eigenvalue weighted by Crippen LogP contribution is 2.35. The fraction of sp³-hybridized carbons (Fsp3) is 0.214. The molecule has 0 unspecified atom stereocenters. The molecule has 3 nitrogen and oxygen atoms in total. The minimum Gasteiger partial charge on any atom is -0.362 e. The lowest BCUT2D eigenvalue weighted by Crippen LogP contribution is -2.52. The molecular formula is C14H11F3N2O. The predicted octanol–water partition coefficient (Wildman–Crippen LogP) is 2.79. The number of hydrogen-bond acceptors (Lipinski definition) is 3. The summed E-state index contributed by atoms with van der Waals surface area (Å²) in [5.41, 5.74) is -0.434. The Morgan fingerprint density at radius 3 is 2.45 bits per heavy atom. The maximum absolute atomic E-state index is 12.7. The summed E-state index contributed by atoms with van der Waals surface area (Å²) in [6, 6.07) is 12.8.